The van der Waals surface area contributed by atoms with E-state index >= 15 is 0 Å². The van der Waals surface area contributed by atoms with Crippen molar-refractivity contribution in [2.45, 2.75) is 17.3 Å². The first-order valence-corrected chi connectivity index (χ1v) is 5.15. The second-order valence-corrected chi connectivity index (χ2v) is 6.12. The average Bonchev–Trinajstić information content (AvgIpc) is 2.47. The second-order valence-electron chi connectivity index (χ2n) is 3.42. The van der Waals surface area contributed by atoms with Crippen LogP contribution in [-0.4, -0.2) is 14.6 Å². The van der Waals surface area contributed by atoms with Crippen LogP contribution in [0.2, 0.25) is 0 Å². The Hall–Kier alpha value is -0.650. The van der Waals surface area contributed by atoms with Crippen LogP contribution < -0.4 is 0 Å². The van der Waals surface area contributed by atoms with Crippen LogP contribution in [0.25, 0.3) is 5.65 Å². The van der Waals surface area contributed by atoms with Crippen molar-refractivity contribution in [2.75, 3.05) is 0 Å². The number of rotatable bonds is 1. The third kappa shape index (κ3) is 1.67. The second kappa shape index (κ2) is 2.94. The molecule has 2 heterocycles. The summed E-state index contributed by atoms with van der Waals surface area (Å²) >= 11 is 2.38. The number of hydrogen-bond donors (Lipinski definition) is 0. The van der Waals surface area contributed by atoms with E-state index in [2.05, 4.69) is 46.5 Å². The van der Waals surface area contributed by atoms with E-state index in [1.165, 1.54) is 0 Å². The van der Waals surface area contributed by atoms with E-state index < -0.39 is 0 Å². The summed E-state index contributed by atoms with van der Waals surface area (Å²) in [6.07, 6.45) is 3.62. The molecular formula is C9H10IN3. The first kappa shape index (κ1) is 8.93. The molecule has 0 aliphatic carbocycles. The Kier molecular flexibility index (Phi) is 2.02. The normalized spacial score (nSPS) is 12.2. The highest BCUT2D eigenvalue weighted by Crippen LogP contribution is 2.28. The van der Waals surface area contributed by atoms with Gasteiger partial charge in [-0.25, -0.2) is 9.50 Å². The Labute approximate surface area is 90.3 Å². The smallest absolute Gasteiger partial charge is 0.153 e. The molecule has 0 amide bonds. The maximum absolute atomic E-state index is 4.45. The Bertz CT molecular complexity index is 428. The Morgan fingerprint density at radius 1 is 1.38 bits per heavy atom. The first-order valence-electron chi connectivity index (χ1n) is 4.07. The van der Waals surface area contributed by atoms with Crippen LogP contribution in [0.5, 0.6) is 0 Å². The molecule has 0 atom stereocenters. The molecule has 2 rings (SSSR count). The largest absolute Gasteiger partial charge is 0.236 e. The zero-order valence-electron chi connectivity index (χ0n) is 7.53. The van der Waals surface area contributed by atoms with Gasteiger partial charge in [0.15, 0.2) is 5.65 Å². The number of imidazole rings is 1. The number of alkyl halides is 1. The van der Waals surface area contributed by atoms with Gasteiger partial charge in [0.05, 0.1) is 9.12 Å². The molecular weight excluding hydrogens is 277 g/mol. The molecule has 0 radical (unpaired) electrons. The van der Waals surface area contributed by atoms with Crippen molar-refractivity contribution in [3.05, 3.63) is 30.2 Å². The number of aromatic nitrogens is 3. The van der Waals surface area contributed by atoms with Gasteiger partial charge in [0.25, 0.3) is 0 Å². The summed E-state index contributed by atoms with van der Waals surface area (Å²) in [5, 5.41) is 4.45. The molecule has 0 aliphatic rings. The summed E-state index contributed by atoms with van der Waals surface area (Å²) < 4.78 is 1.87. The monoisotopic (exact) mass is 287 g/mol. The van der Waals surface area contributed by atoms with Crippen LogP contribution in [0.4, 0.5) is 0 Å². The summed E-state index contributed by atoms with van der Waals surface area (Å²) in [4.78, 5) is 4.14. The number of hydrogen-bond acceptors (Lipinski definition) is 2. The van der Waals surface area contributed by atoms with Crippen molar-refractivity contribution in [2.24, 2.45) is 0 Å². The summed E-state index contributed by atoms with van der Waals surface area (Å²) in [5.74, 6) is 0. The number of fused-ring (bicyclic) bond motifs is 1. The first-order chi connectivity index (χ1) is 6.07. The molecule has 0 bridgehead atoms. The third-order valence-corrected chi connectivity index (χ3v) is 2.42. The molecule has 0 aromatic carbocycles. The zero-order valence-corrected chi connectivity index (χ0v) is 9.69. The molecule has 4 heteroatoms. The molecule has 0 saturated carbocycles. The maximum atomic E-state index is 4.45. The van der Waals surface area contributed by atoms with E-state index in [9.17, 15) is 0 Å². The SMILES string of the molecule is CC(C)(I)c1ccc2nccn2n1. The van der Waals surface area contributed by atoms with Gasteiger partial charge in [-0.15, -0.1) is 0 Å². The highest BCUT2D eigenvalue weighted by atomic mass is 127. The van der Waals surface area contributed by atoms with Crippen molar-refractivity contribution in [3.8, 4) is 0 Å². The molecule has 0 saturated heterocycles. The maximum Gasteiger partial charge on any atom is 0.153 e. The predicted molar refractivity (Wildman–Crippen MR) is 60.0 cm³/mol. The summed E-state index contributed by atoms with van der Waals surface area (Å²) in [5.41, 5.74) is 1.96. The van der Waals surface area contributed by atoms with Crippen molar-refractivity contribution in [1.82, 2.24) is 14.6 Å². The zero-order chi connectivity index (χ0) is 9.47. The van der Waals surface area contributed by atoms with Gasteiger partial charge in [0, 0.05) is 12.4 Å². The lowest BCUT2D eigenvalue weighted by Gasteiger charge is -2.14. The number of halogens is 1. The topological polar surface area (TPSA) is 30.2 Å². The molecule has 2 aromatic rings. The predicted octanol–water partition coefficient (Wildman–Crippen LogP) is 2.40. The molecule has 0 unspecified atom stereocenters. The van der Waals surface area contributed by atoms with E-state index in [1.54, 1.807) is 10.7 Å². The molecule has 2 aromatic heterocycles. The lowest BCUT2D eigenvalue weighted by Crippen LogP contribution is -2.11. The van der Waals surface area contributed by atoms with E-state index in [0.29, 0.717) is 0 Å². The Balaban J connectivity index is 2.61. The van der Waals surface area contributed by atoms with Gasteiger partial charge < -0.3 is 0 Å². The van der Waals surface area contributed by atoms with Gasteiger partial charge in [-0.05, 0) is 26.0 Å². The molecule has 0 spiro atoms. The quantitative estimate of drug-likeness (QED) is 0.595. The van der Waals surface area contributed by atoms with Crippen molar-refractivity contribution in [3.63, 3.8) is 0 Å². The Morgan fingerprint density at radius 2 is 2.15 bits per heavy atom. The van der Waals surface area contributed by atoms with E-state index in [0.717, 1.165) is 11.3 Å². The molecule has 0 aliphatic heterocycles. The minimum atomic E-state index is 0.0657. The highest BCUT2D eigenvalue weighted by Gasteiger charge is 2.17. The van der Waals surface area contributed by atoms with Gasteiger partial charge in [-0.3, -0.25) is 0 Å². The van der Waals surface area contributed by atoms with Crippen molar-refractivity contribution in [1.29, 1.82) is 0 Å². The molecule has 0 fully saturated rings. The summed E-state index contributed by atoms with van der Waals surface area (Å²) in [6.45, 7) is 4.28. The highest BCUT2D eigenvalue weighted by molar-refractivity contribution is 14.1. The molecule has 3 nitrogen and oxygen atoms in total. The van der Waals surface area contributed by atoms with Gasteiger partial charge in [0.1, 0.15) is 0 Å². The van der Waals surface area contributed by atoms with Gasteiger partial charge in [-0.1, -0.05) is 22.6 Å². The fraction of sp³-hybridized carbons (Fsp3) is 0.333. The van der Waals surface area contributed by atoms with E-state index in [-0.39, 0.29) is 3.42 Å². The van der Waals surface area contributed by atoms with Crippen LogP contribution in [0.1, 0.15) is 19.5 Å². The van der Waals surface area contributed by atoms with E-state index in [4.69, 9.17) is 0 Å². The average molecular weight is 287 g/mol. The summed E-state index contributed by atoms with van der Waals surface area (Å²) in [6, 6.07) is 4.01. The fourth-order valence-electron chi connectivity index (χ4n) is 1.13. The van der Waals surface area contributed by atoms with Crippen LogP contribution in [0, 0.1) is 0 Å². The lowest BCUT2D eigenvalue weighted by molar-refractivity contribution is 0.738. The number of nitrogens with zero attached hydrogens (tertiary/aromatic N) is 3. The Morgan fingerprint density at radius 3 is 2.85 bits per heavy atom. The minimum absolute atomic E-state index is 0.0657. The van der Waals surface area contributed by atoms with Gasteiger partial charge in [0.2, 0.25) is 0 Å². The van der Waals surface area contributed by atoms with Gasteiger partial charge in [-0.2, -0.15) is 5.10 Å². The van der Waals surface area contributed by atoms with Crippen LogP contribution in [0.3, 0.4) is 0 Å². The standard InChI is InChI=1S/C9H10IN3/c1-9(2,10)7-3-4-8-11-5-6-13(8)12-7/h3-6H,1-2H3. The molecule has 68 valence electrons. The molecule has 0 N–H and O–H groups in total. The van der Waals surface area contributed by atoms with Crippen LogP contribution in [-0.2, 0) is 3.42 Å². The van der Waals surface area contributed by atoms with Crippen molar-refractivity contribution >= 4 is 28.2 Å². The van der Waals surface area contributed by atoms with Gasteiger partial charge >= 0.3 is 0 Å². The molecule has 13 heavy (non-hydrogen) atoms. The van der Waals surface area contributed by atoms with Crippen LogP contribution in [0.15, 0.2) is 24.5 Å². The fourth-order valence-corrected chi connectivity index (χ4v) is 1.42. The third-order valence-electron chi connectivity index (χ3n) is 1.86. The summed E-state index contributed by atoms with van der Waals surface area (Å²) in [7, 11) is 0. The van der Waals surface area contributed by atoms with E-state index in [1.807, 2.05) is 18.3 Å². The lowest BCUT2D eigenvalue weighted by atomic mass is 10.1. The van der Waals surface area contributed by atoms with Crippen LogP contribution >= 0.6 is 22.6 Å². The minimum Gasteiger partial charge on any atom is -0.236 e. The van der Waals surface area contributed by atoms with Crippen molar-refractivity contribution < 1.29 is 0 Å².